The largest absolute Gasteiger partial charge is 0.456 e. The number of pyridine rings is 1. The SMILES string of the molecule is CC(C)(C)OC(=O)c1ccc(-c2cnn(C(CC3CC3)c3ccc(-c4cc(Cl)ccc4N)cn3)c2)cc1. The van der Waals surface area contributed by atoms with Crippen LogP contribution >= 0.6 is 11.6 Å². The number of halogens is 1. The Morgan fingerprint density at radius 1 is 1.05 bits per heavy atom. The van der Waals surface area contributed by atoms with Gasteiger partial charge in [-0.25, -0.2) is 4.79 Å². The minimum Gasteiger partial charge on any atom is -0.456 e. The van der Waals surface area contributed by atoms with Gasteiger partial charge in [-0.05, 0) is 75.1 Å². The molecule has 7 heteroatoms. The molecule has 0 bridgehead atoms. The molecule has 0 aliphatic heterocycles. The van der Waals surface area contributed by atoms with E-state index in [4.69, 9.17) is 32.2 Å². The van der Waals surface area contributed by atoms with E-state index in [0.717, 1.165) is 34.4 Å². The maximum Gasteiger partial charge on any atom is 0.338 e. The van der Waals surface area contributed by atoms with Gasteiger partial charge in [0.1, 0.15) is 5.60 Å². The molecule has 0 spiro atoms. The molecule has 1 atom stereocenters. The Hall–Kier alpha value is -3.64. The van der Waals surface area contributed by atoms with Crippen molar-refractivity contribution in [1.29, 1.82) is 0 Å². The second-order valence-electron chi connectivity index (χ2n) is 10.7. The first-order valence-electron chi connectivity index (χ1n) is 12.6. The van der Waals surface area contributed by atoms with Crippen molar-refractivity contribution in [2.45, 2.75) is 51.7 Å². The highest BCUT2D eigenvalue weighted by Gasteiger charge is 2.29. The third-order valence-electron chi connectivity index (χ3n) is 6.48. The molecule has 5 rings (SSSR count). The monoisotopic (exact) mass is 514 g/mol. The lowest BCUT2D eigenvalue weighted by Gasteiger charge is -2.19. The molecule has 4 aromatic rings. The van der Waals surface area contributed by atoms with Crippen molar-refractivity contribution < 1.29 is 9.53 Å². The van der Waals surface area contributed by atoms with Crippen molar-refractivity contribution in [3.63, 3.8) is 0 Å². The van der Waals surface area contributed by atoms with Crippen molar-refractivity contribution in [1.82, 2.24) is 14.8 Å². The van der Waals surface area contributed by atoms with E-state index in [9.17, 15) is 4.79 Å². The van der Waals surface area contributed by atoms with Gasteiger partial charge in [0.15, 0.2) is 0 Å². The van der Waals surface area contributed by atoms with Crippen LogP contribution in [0.2, 0.25) is 5.02 Å². The van der Waals surface area contributed by atoms with E-state index in [2.05, 4.69) is 12.3 Å². The van der Waals surface area contributed by atoms with Crippen molar-refractivity contribution in [3.05, 3.63) is 89.5 Å². The molecule has 2 N–H and O–H groups in total. The van der Waals surface area contributed by atoms with Gasteiger partial charge in [-0.3, -0.25) is 9.67 Å². The molecule has 2 heterocycles. The van der Waals surface area contributed by atoms with E-state index >= 15 is 0 Å². The van der Waals surface area contributed by atoms with Crippen LogP contribution in [-0.4, -0.2) is 26.3 Å². The minimum absolute atomic E-state index is 0.0352. The van der Waals surface area contributed by atoms with E-state index in [0.29, 0.717) is 22.2 Å². The number of ether oxygens (including phenoxy) is 1. The Kier molecular flexibility index (Phi) is 6.78. The fraction of sp³-hybridized carbons (Fsp3) is 0.300. The lowest BCUT2D eigenvalue weighted by atomic mass is 10.0. The molecule has 37 heavy (non-hydrogen) atoms. The van der Waals surface area contributed by atoms with Gasteiger partial charge >= 0.3 is 5.97 Å². The number of carbonyl (C=O) groups is 1. The average molecular weight is 515 g/mol. The van der Waals surface area contributed by atoms with E-state index < -0.39 is 5.60 Å². The van der Waals surface area contributed by atoms with Gasteiger partial charge in [-0.15, -0.1) is 0 Å². The van der Waals surface area contributed by atoms with E-state index in [-0.39, 0.29) is 12.0 Å². The fourth-order valence-electron chi connectivity index (χ4n) is 4.37. The summed E-state index contributed by atoms with van der Waals surface area (Å²) in [6.07, 6.45) is 9.26. The van der Waals surface area contributed by atoms with Gasteiger partial charge in [-0.2, -0.15) is 5.10 Å². The van der Waals surface area contributed by atoms with Crippen LogP contribution in [0.3, 0.4) is 0 Å². The summed E-state index contributed by atoms with van der Waals surface area (Å²) in [5.41, 5.74) is 11.6. The molecule has 0 radical (unpaired) electrons. The molecule has 0 saturated heterocycles. The molecule has 2 aromatic carbocycles. The molecule has 1 fully saturated rings. The zero-order valence-electron chi connectivity index (χ0n) is 21.3. The number of anilines is 1. The lowest BCUT2D eigenvalue weighted by Crippen LogP contribution is -2.23. The molecule has 1 unspecified atom stereocenters. The van der Waals surface area contributed by atoms with Crippen LogP contribution in [0.1, 0.15) is 62.1 Å². The zero-order chi connectivity index (χ0) is 26.2. The van der Waals surface area contributed by atoms with Crippen molar-refractivity contribution >= 4 is 23.3 Å². The van der Waals surface area contributed by atoms with Crippen molar-refractivity contribution in [2.24, 2.45) is 5.92 Å². The summed E-state index contributed by atoms with van der Waals surface area (Å²) < 4.78 is 7.47. The summed E-state index contributed by atoms with van der Waals surface area (Å²) in [5.74, 6) is 0.365. The second-order valence-corrected chi connectivity index (χ2v) is 11.1. The van der Waals surface area contributed by atoms with Crippen molar-refractivity contribution in [3.8, 4) is 22.3 Å². The van der Waals surface area contributed by atoms with Gasteiger partial charge in [0.05, 0.1) is 23.5 Å². The number of benzene rings is 2. The predicted molar refractivity (Wildman–Crippen MR) is 147 cm³/mol. The molecule has 6 nitrogen and oxygen atoms in total. The molecule has 1 aliphatic carbocycles. The summed E-state index contributed by atoms with van der Waals surface area (Å²) >= 11 is 6.18. The summed E-state index contributed by atoms with van der Waals surface area (Å²) in [5, 5.41) is 5.35. The van der Waals surface area contributed by atoms with Crippen molar-refractivity contribution in [2.75, 3.05) is 5.73 Å². The first-order valence-corrected chi connectivity index (χ1v) is 12.9. The summed E-state index contributed by atoms with van der Waals surface area (Å²) in [6, 6.07) is 17.0. The Morgan fingerprint density at radius 3 is 2.43 bits per heavy atom. The Bertz CT molecular complexity index is 1400. The van der Waals surface area contributed by atoms with Gasteiger partial charge in [0, 0.05) is 39.8 Å². The number of esters is 1. The number of hydrogen-bond acceptors (Lipinski definition) is 5. The topological polar surface area (TPSA) is 83.0 Å². The highest BCUT2D eigenvalue weighted by Crippen LogP contribution is 2.39. The van der Waals surface area contributed by atoms with E-state index in [1.807, 2.05) is 68.2 Å². The number of hydrogen-bond donors (Lipinski definition) is 1. The van der Waals surface area contributed by atoms with E-state index in [1.165, 1.54) is 12.8 Å². The molecule has 2 aromatic heterocycles. The average Bonchev–Trinajstić information content (AvgIpc) is 3.56. The van der Waals surface area contributed by atoms with Gasteiger partial charge in [0.2, 0.25) is 0 Å². The molecule has 1 saturated carbocycles. The number of carbonyl (C=O) groups excluding carboxylic acids is 1. The number of rotatable bonds is 7. The Morgan fingerprint density at radius 2 is 1.78 bits per heavy atom. The van der Waals surface area contributed by atoms with E-state index in [1.54, 1.807) is 18.2 Å². The number of nitrogens with zero attached hydrogens (tertiary/aromatic N) is 3. The summed E-state index contributed by atoms with van der Waals surface area (Å²) in [6.45, 7) is 5.59. The van der Waals surface area contributed by atoms with Crippen LogP contribution in [0, 0.1) is 5.92 Å². The number of aromatic nitrogens is 3. The van der Waals surface area contributed by atoms with Gasteiger partial charge < -0.3 is 10.5 Å². The maximum atomic E-state index is 12.4. The first kappa shape index (κ1) is 25.0. The molecule has 190 valence electrons. The molecule has 0 amide bonds. The highest BCUT2D eigenvalue weighted by atomic mass is 35.5. The standard InChI is InChI=1S/C30H31ClN4O2/c1-30(2,3)37-29(36)21-8-6-20(7-9-21)23-17-34-35(18-23)28(14-19-4-5-19)27-13-10-22(16-33-27)25-15-24(31)11-12-26(25)32/h6-13,15-19,28H,4-5,14,32H2,1-3H3. The van der Waals surface area contributed by atoms with Crippen LogP contribution in [0.25, 0.3) is 22.3 Å². The normalized spacial score (nSPS) is 14.4. The third-order valence-corrected chi connectivity index (χ3v) is 6.72. The fourth-order valence-corrected chi connectivity index (χ4v) is 4.54. The number of nitrogen functional groups attached to an aromatic ring is 1. The zero-order valence-corrected chi connectivity index (χ0v) is 22.1. The van der Waals surface area contributed by atoms with Crippen LogP contribution in [0.15, 0.2) is 73.2 Å². The minimum atomic E-state index is -0.527. The van der Waals surface area contributed by atoms with Crippen LogP contribution in [0.4, 0.5) is 5.69 Å². The van der Waals surface area contributed by atoms with Gasteiger partial charge in [0.25, 0.3) is 0 Å². The van der Waals surface area contributed by atoms with Crippen LogP contribution < -0.4 is 5.73 Å². The summed E-state index contributed by atoms with van der Waals surface area (Å²) in [7, 11) is 0. The lowest BCUT2D eigenvalue weighted by molar-refractivity contribution is 0.00695. The third kappa shape index (κ3) is 6.03. The Balaban J connectivity index is 1.38. The first-order chi connectivity index (χ1) is 17.7. The van der Waals surface area contributed by atoms with Crippen LogP contribution in [-0.2, 0) is 4.74 Å². The summed E-state index contributed by atoms with van der Waals surface area (Å²) in [4.78, 5) is 17.2. The molecular weight excluding hydrogens is 484 g/mol. The van der Waals surface area contributed by atoms with Crippen LogP contribution in [0.5, 0.6) is 0 Å². The second kappa shape index (κ2) is 10.0. The molecular formula is C30H31ClN4O2. The number of nitrogens with two attached hydrogens (primary N) is 1. The molecule has 1 aliphatic rings. The Labute approximate surface area is 222 Å². The van der Waals surface area contributed by atoms with Gasteiger partial charge in [-0.1, -0.05) is 42.6 Å². The predicted octanol–water partition coefficient (Wildman–Crippen LogP) is 7.19. The highest BCUT2D eigenvalue weighted by molar-refractivity contribution is 6.31. The maximum absolute atomic E-state index is 12.4. The smallest absolute Gasteiger partial charge is 0.338 e. The quantitative estimate of drug-likeness (QED) is 0.208.